The van der Waals surface area contributed by atoms with E-state index in [1.807, 2.05) is 25.1 Å². The quantitative estimate of drug-likeness (QED) is 0.624. The SMILES string of the molecule is CC(Cn1cncn1)NC(=O)c1cc(F)cc(-c2ccc3c(c2)CCO3)c1.O=CO. The highest BCUT2D eigenvalue weighted by molar-refractivity contribution is 5.95. The van der Waals surface area contributed by atoms with Gasteiger partial charge in [-0.1, -0.05) is 6.07 Å². The number of benzene rings is 2. The number of aromatic nitrogens is 3. The molecule has 2 heterocycles. The van der Waals surface area contributed by atoms with E-state index in [0.29, 0.717) is 18.7 Å². The van der Waals surface area contributed by atoms with Crippen LogP contribution in [0.15, 0.2) is 49.1 Å². The molecule has 4 rings (SSSR count). The van der Waals surface area contributed by atoms with E-state index in [4.69, 9.17) is 14.6 Å². The number of nitrogens with one attached hydrogen (secondary N) is 1. The van der Waals surface area contributed by atoms with Gasteiger partial charge in [-0.3, -0.25) is 14.3 Å². The Balaban J connectivity index is 0.000000806. The van der Waals surface area contributed by atoms with Gasteiger partial charge in [0.1, 0.15) is 24.2 Å². The van der Waals surface area contributed by atoms with Gasteiger partial charge >= 0.3 is 0 Å². The Labute approximate surface area is 172 Å². The van der Waals surface area contributed by atoms with Gasteiger partial charge in [0.25, 0.3) is 12.4 Å². The number of hydrogen-bond acceptors (Lipinski definition) is 5. The molecule has 0 fully saturated rings. The Kier molecular flexibility index (Phi) is 6.74. The molecule has 2 aromatic carbocycles. The van der Waals surface area contributed by atoms with E-state index in [-0.39, 0.29) is 24.0 Å². The Hall–Kier alpha value is -3.75. The van der Waals surface area contributed by atoms with Gasteiger partial charge in [0.15, 0.2) is 0 Å². The van der Waals surface area contributed by atoms with Crippen LogP contribution in [0, 0.1) is 5.82 Å². The van der Waals surface area contributed by atoms with E-state index in [9.17, 15) is 9.18 Å². The van der Waals surface area contributed by atoms with Crippen LogP contribution in [0.4, 0.5) is 4.39 Å². The van der Waals surface area contributed by atoms with Crippen LogP contribution >= 0.6 is 0 Å². The molecule has 0 bridgehead atoms. The maximum absolute atomic E-state index is 14.2. The van der Waals surface area contributed by atoms with E-state index >= 15 is 0 Å². The monoisotopic (exact) mass is 412 g/mol. The van der Waals surface area contributed by atoms with Crippen LogP contribution in [0.25, 0.3) is 11.1 Å². The number of fused-ring (bicyclic) bond motifs is 1. The highest BCUT2D eigenvalue weighted by atomic mass is 19.1. The maximum Gasteiger partial charge on any atom is 0.290 e. The largest absolute Gasteiger partial charge is 0.493 e. The normalized spacial score (nSPS) is 12.7. The molecule has 1 amide bonds. The van der Waals surface area contributed by atoms with E-state index in [1.165, 1.54) is 18.5 Å². The predicted molar refractivity (Wildman–Crippen MR) is 107 cm³/mol. The fourth-order valence-corrected chi connectivity index (χ4v) is 3.21. The number of nitrogens with zero attached hydrogens (tertiary/aromatic N) is 3. The van der Waals surface area contributed by atoms with Gasteiger partial charge in [-0.15, -0.1) is 0 Å². The van der Waals surface area contributed by atoms with Crippen molar-refractivity contribution in [2.45, 2.75) is 25.9 Å². The number of hydrogen-bond donors (Lipinski definition) is 2. The molecule has 1 atom stereocenters. The average molecular weight is 412 g/mol. The first-order valence-corrected chi connectivity index (χ1v) is 9.28. The number of carbonyl (C=O) groups excluding carboxylic acids is 1. The summed E-state index contributed by atoms with van der Waals surface area (Å²) in [5.74, 6) is 0.0984. The molecule has 0 saturated heterocycles. The lowest BCUT2D eigenvalue weighted by atomic mass is 9.99. The standard InChI is InChI=1S/C20H19FN4O2.CH2O2/c1-13(10-25-12-22-11-23-25)24-20(26)17-7-16(8-18(21)9-17)14-2-3-19-15(6-14)4-5-27-19;2-1-3/h2-3,6-9,11-13H,4-5,10H2,1H3,(H,24,26);1H,(H,2,3). The Bertz CT molecular complexity index is 1020. The van der Waals surface area contributed by atoms with Gasteiger partial charge in [0, 0.05) is 18.0 Å². The Morgan fingerprint density at radius 2 is 2.13 bits per heavy atom. The number of carbonyl (C=O) groups is 2. The van der Waals surface area contributed by atoms with Crippen LogP contribution in [-0.2, 0) is 17.8 Å². The number of ether oxygens (including phenoxy) is 1. The molecule has 1 aromatic heterocycles. The molecule has 0 radical (unpaired) electrons. The van der Waals surface area contributed by atoms with Crippen molar-refractivity contribution < 1.29 is 23.8 Å². The third kappa shape index (κ3) is 5.19. The summed E-state index contributed by atoms with van der Waals surface area (Å²) in [6, 6.07) is 9.98. The molecule has 3 aromatic rings. The topological polar surface area (TPSA) is 106 Å². The number of carboxylic acid groups (broad SMARTS) is 1. The maximum atomic E-state index is 14.2. The molecular formula is C21H21FN4O4. The lowest BCUT2D eigenvalue weighted by Gasteiger charge is -2.14. The molecule has 1 aliphatic heterocycles. The van der Waals surface area contributed by atoms with E-state index in [1.54, 1.807) is 17.1 Å². The second-order valence-corrected chi connectivity index (χ2v) is 6.75. The van der Waals surface area contributed by atoms with Crippen LogP contribution < -0.4 is 10.1 Å². The van der Waals surface area contributed by atoms with Crippen LogP contribution in [0.2, 0.25) is 0 Å². The summed E-state index contributed by atoms with van der Waals surface area (Å²) >= 11 is 0. The first-order valence-electron chi connectivity index (χ1n) is 9.28. The lowest BCUT2D eigenvalue weighted by Crippen LogP contribution is -2.35. The third-order valence-corrected chi connectivity index (χ3v) is 4.49. The molecule has 1 unspecified atom stereocenters. The molecular weight excluding hydrogens is 391 g/mol. The summed E-state index contributed by atoms with van der Waals surface area (Å²) in [6.45, 7) is 2.76. The smallest absolute Gasteiger partial charge is 0.290 e. The van der Waals surface area contributed by atoms with Gasteiger partial charge in [-0.2, -0.15) is 5.10 Å². The van der Waals surface area contributed by atoms with Crippen LogP contribution in [0.3, 0.4) is 0 Å². The summed E-state index contributed by atoms with van der Waals surface area (Å²) in [5, 5.41) is 13.8. The van der Waals surface area contributed by atoms with Gasteiger partial charge in [0.05, 0.1) is 13.2 Å². The minimum absolute atomic E-state index is 0.178. The zero-order valence-electron chi connectivity index (χ0n) is 16.3. The van der Waals surface area contributed by atoms with Crippen molar-refractivity contribution in [3.8, 4) is 16.9 Å². The summed E-state index contributed by atoms with van der Waals surface area (Å²) in [6.07, 6.45) is 3.86. The number of rotatable bonds is 5. The highest BCUT2D eigenvalue weighted by Gasteiger charge is 2.16. The average Bonchev–Trinajstić information content (AvgIpc) is 3.39. The van der Waals surface area contributed by atoms with Gasteiger partial charge < -0.3 is 15.2 Å². The van der Waals surface area contributed by atoms with Crippen LogP contribution in [0.5, 0.6) is 5.75 Å². The third-order valence-electron chi connectivity index (χ3n) is 4.49. The van der Waals surface area contributed by atoms with Crippen molar-refractivity contribution in [1.82, 2.24) is 20.1 Å². The molecule has 156 valence electrons. The predicted octanol–water partition coefficient (Wildman–Crippen LogP) is 2.54. The fourth-order valence-electron chi connectivity index (χ4n) is 3.21. The van der Waals surface area contributed by atoms with Crippen molar-refractivity contribution in [2.75, 3.05) is 6.61 Å². The zero-order chi connectivity index (χ0) is 21.5. The van der Waals surface area contributed by atoms with Crippen molar-refractivity contribution in [1.29, 1.82) is 0 Å². The molecule has 0 spiro atoms. The molecule has 8 nitrogen and oxygen atoms in total. The van der Waals surface area contributed by atoms with Crippen molar-refractivity contribution in [3.05, 3.63) is 66.0 Å². The summed E-state index contributed by atoms with van der Waals surface area (Å²) < 4.78 is 21.3. The zero-order valence-corrected chi connectivity index (χ0v) is 16.3. The van der Waals surface area contributed by atoms with Gasteiger partial charge in [-0.05, 0) is 53.9 Å². The van der Waals surface area contributed by atoms with E-state index in [2.05, 4.69) is 15.4 Å². The van der Waals surface area contributed by atoms with E-state index in [0.717, 1.165) is 23.3 Å². The second-order valence-electron chi connectivity index (χ2n) is 6.75. The molecule has 9 heteroatoms. The van der Waals surface area contributed by atoms with Crippen molar-refractivity contribution in [2.24, 2.45) is 0 Å². The fraction of sp³-hybridized carbons (Fsp3) is 0.238. The summed E-state index contributed by atoms with van der Waals surface area (Å²) in [7, 11) is 0. The van der Waals surface area contributed by atoms with Crippen LogP contribution in [0.1, 0.15) is 22.8 Å². The van der Waals surface area contributed by atoms with Crippen molar-refractivity contribution in [3.63, 3.8) is 0 Å². The van der Waals surface area contributed by atoms with Crippen LogP contribution in [-0.4, -0.2) is 44.9 Å². The molecule has 0 aliphatic carbocycles. The minimum Gasteiger partial charge on any atom is -0.493 e. The van der Waals surface area contributed by atoms with E-state index < -0.39 is 5.82 Å². The Morgan fingerprint density at radius 1 is 1.33 bits per heavy atom. The molecule has 0 saturated carbocycles. The second kappa shape index (κ2) is 9.64. The highest BCUT2D eigenvalue weighted by Crippen LogP contribution is 2.31. The Morgan fingerprint density at radius 3 is 2.87 bits per heavy atom. The molecule has 2 N–H and O–H groups in total. The minimum atomic E-state index is -0.446. The number of halogens is 1. The molecule has 30 heavy (non-hydrogen) atoms. The first kappa shape index (κ1) is 21.0. The number of amides is 1. The lowest BCUT2D eigenvalue weighted by molar-refractivity contribution is -0.122. The van der Waals surface area contributed by atoms with Crippen molar-refractivity contribution >= 4 is 12.4 Å². The molecule has 1 aliphatic rings. The van der Waals surface area contributed by atoms with Gasteiger partial charge in [0.2, 0.25) is 0 Å². The first-order chi connectivity index (χ1) is 14.5. The van der Waals surface area contributed by atoms with Gasteiger partial charge in [-0.25, -0.2) is 9.37 Å². The summed E-state index contributed by atoms with van der Waals surface area (Å²) in [5.41, 5.74) is 2.92. The summed E-state index contributed by atoms with van der Waals surface area (Å²) in [4.78, 5) is 24.8.